The molecule has 0 saturated carbocycles. The van der Waals surface area contributed by atoms with Crippen LogP contribution in [0.15, 0.2) is 18.3 Å². The molecular formula is C8H12N2O. The molecule has 1 aliphatic heterocycles. The van der Waals surface area contributed by atoms with E-state index in [9.17, 15) is 0 Å². The van der Waals surface area contributed by atoms with Gasteiger partial charge in [-0.3, -0.25) is 0 Å². The minimum atomic E-state index is 0.378. The molecule has 1 saturated heterocycles. The molecule has 0 atom stereocenters. The number of aromatic nitrogens is 1. The van der Waals surface area contributed by atoms with Crippen LogP contribution in [0.4, 0.5) is 0 Å². The van der Waals surface area contributed by atoms with Gasteiger partial charge in [0.25, 0.3) is 0 Å². The molecule has 1 aromatic rings. The lowest BCUT2D eigenvalue weighted by atomic mass is 10.2. The summed E-state index contributed by atoms with van der Waals surface area (Å²) < 4.78 is 7.61. The fourth-order valence-electron chi connectivity index (χ4n) is 1.08. The fourth-order valence-corrected chi connectivity index (χ4v) is 1.08. The molecule has 0 aromatic carbocycles. The van der Waals surface area contributed by atoms with Gasteiger partial charge in [0.1, 0.15) is 6.10 Å². The van der Waals surface area contributed by atoms with Crippen LogP contribution in [-0.2, 0) is 7.05 Å². The highest BCUT2D eigenvalue weighted by Gasteiger charge is 2.18. The van der Waals surface area contributed by atoms with Crippen LogP contribution in [0.2, 0.25) is 0 Å². The quantitative estimate of drug-likeness (QED) is 0.663. The molecule has 1 aromatic heterocycles. The Morgan fingerprint density at radius 1 is 1.64 bits per heavy atom. The van der Waals surface area contributed by atoms with Crippen molar-refractivity contribution >= 4 is 0 Å². The van der Waals surface area contributed by atoms with E-state index in [1.165, 1.54) is 0 Å². The Balaban J connectivity index is 1.99. The number of hydrogen-bond donors (Lipinski definition) is 1. The van der Waals surface area contributed by atoms with Crippen molar-refractivity contribution in [1.29, 1.82) is 0 Å². The summed E-state index contributed by atoms with van der Waals surface area (Å²) in [6, 6.07) is 3.97. The second kappa shape index (κ2) is 2.58. The van der Waals surface area contributed by atoms with Crippen molar-refractivity contribution in [2.45, 2.75) is 6.10 Å². The highest BCUT2D eigenvalue weighted by Crippen LogP contribution is 2.12. The van der Waals surface area contributed by atoms with Gasteiger partial charge in [-0.2, -0.15) is 0 Å². The van der Waals surface area contributed by atoms with Gasteiger partial charge < -0.3 is 14.6 Å². The van der Waals surface area contributed by atoms with Gasteiger partial charge in [0, 0.05) is 26.3 Å². The van der Waals surface area contributed by atoms with Gasteiger partial charge >= 0.3 is 0 Å². The fraction of sp³-hybridized carbons (Fsp3) is 0.500. The number of ether oxygens (including phenoxy) is 1. The average Bonchev–Trinajstić information content (AvgIpc) is 2.27. The number of hydrogen-bond acceptors (Lipinski definition) is 2. The number of nitrogens with zero attached hydrogens (tertiary/aromatic N) is 1. The molecule has 0 bridgehead atoms. The van der Waals surface area contributed by atoms with Crippen molar-refractivity contribution in [3.05, 3.63) is 18.3 Å². The highest BCUT2D eigenvalue weighted by atomic mass is 16.5. The first kappa shape index (κ1) is 6.73. The first-order valence-corrected chi connectivity index (χ1v) is 3.85. The minimum Gasteiger partial charge on any atom is -0.473 e. The number of aryl methyl sites for hydroxylation is 1. The van der Waals surface area contributed by atoms with E-state index in [0.717, 1.165) is 19.0 Å². The molecule has 0 aliphatic carbocycles. The molecule has 11 heavy (non-hydrogen) atoms. The van der Waals surface area contributed by atoms with Crippen molar-refractivity contribution in [1.82, 2.24) is 9.88 Å². The van der Waals surface area contributed by atoms with Crippen LogP contribution in [-0.4, -0.2) is 23.8 Å². The zero-order valence-electron chi connectivity index (χ0n) is 6.58. The van der Waals surface area contributed by atoms with E-state index in [4.69, 9.17) is 4.74 Å². The minimum absolute atomic E-state index is 0.378. The predicted molar refractivity (Wildman–Crippen MR) is 42.7 cm³/mol. The van der Waals surface area contributed by atoms with Gasteiger partial charge in [-0.1, -0.05) is 0 Å². The van der Waals surface area contributed by atoms with E-state index in [2.05, 4.69) is 5.32 Å². The van der Waals surface area contributed by atoms with Crippen LogP contribution in [0.5, 0.6) is 5.88 Å². The maximum atomic E-state index is 5.62. The third-order valence-electron chi connectivity index (χ3n) is 1.93. The first-order valence-electron chi connectivity index (χ1n) is 3.85. The Labute approximate surface area is 66.0 Å². The van der Waals surface area contributed by atoms with Gasteiger partial charge in [-0.15, -0.1) is 0 Å². The second-order valence-electron chi connectivity index (χ2n) is 2.86. The van der Waals surface area contributed by atoms with E-state index in [1.54, 1.807) is 0 Å². The summed E-state index contributed by atoms with van der Waals surface area (Å²) in [6.45, 7) is 1.95. The predicted octanol–water partition coefficient (Wildman–Crippen LogP) is 0.376. The standard InChI is InChI=1S/C8H12N2O/c1-10-4-2-3-8(10)11-7-5-9-6-7/h2-4,7,9H,5-6H2,1H3. The molecule has 3 nitrogen and oxygen atoms in total. The van der Waals surface area contributed by atoms with Crippen molar-refractivity contribution in [3.63, 3.8) is 0 Å². The summed E-state index contributed by atoms with van der Waals surface area (Å²) in [5.41, 5.74) is 0. The Bertz CT molecular complexity index is 240. The Morgan fingerprint density at radius 2 is 2.45 bits per heavy atom. The summed E-state index contributed by atoms with van der Waals surface area (Å²) in [6.07, 6.45) is 2.37. The van der Waals surface area contributed by atoms with Crippen LogP contribution >= 0.6 is 0 Å². The molecule has 0 radical (unpaired) electrons. The number of rotatable bonds is 2. The van der Waals surface area contributed by atoms with Crippen LogP contribution in [0.1, 0.15) is 0 Å². The van der Waals surface area contributed by atoms with Crippen molar-refractivity contribution in [2.24, 2.45) is 7.05 Å². The Hall–Kier alpha value is -0.960. The maximum Gasteiger partial charge on any atom is 0.193 e. The summed E-state index contributed by atoms with van der Waals surface area (Å²) in [7, 11) is 1.99. The van der Waals surface area contributed by atoms with E-state index in [-0.39, 0.29) is 0 Å². The largest absolute Gasteiger partial charge is 0.473 e. The summed E-state index contributed by atoms with van der Waals surface area (Å²) in [4.78, 5) is 0. The smallest absolute Gasteiger partial charge is 0.193 e. The van der Waals surface area contributed by atoms with Crippen LogP contribution in [0, 0.1) is 0 Å². The van der Waals surface area contributed by atoms with Gasteiger partial charge in [-0.05, 0) is 12.1 Å². The molecule has 0 spiro atoms. The summed E-state index contributed by atoms with van der Waals surface area (Å²) in [5, 5.41) is 3.16. The Morgan fingerprint density at radius 3 is 2.91 bits per heavy atom. The molecule has 0 unspecified atom stereocenters. The third kappa shape index (κ3) is 1.24. The van der Waals surface area contributed by atoms with E-state index in [1.807, 2.05) is 29.9 Å². The average molecular weight is 152 g/mol. The lowest BCUT2D eigenvalue weighted by Crippen LogP contribution is -2.50. The molecule has 60 valence electrons. The molecule has 1 N–H and O–H groups in total. The summed E-state index contributed by atoms with van der Waals surface area (Å²) >= 11 is 0. The third-order valence-corrected chi connectivity index (χ3v) is 1.93. The molecule has 1 fully saturated rings. The lowest BCUT2D eigenvalue weighted by molar-refractivity contribution is 0.132. The lowest BCUT2D eigenvalue weighted by Gasteiger charge is -2.27. The Kier molecular flexibility index (Phi) is 1.58. The van der Waals surface area contributed by atoms with Gasteiger partial charge in [0.2, 0.25) is 0 Å². The molecule has 0 amide bonds. The number of nitrogens with one attached hydrogen (secondary N) is 1. The van der Waals surface area contributed by atoms with Gasteiger partial charge in [-0.25, -0.2) is 0 Å². The van der Waals surface area contributed by atoms with Crippen LogP contribution < -0.4 is 10.1 Å². The molecule has 1 aliphatic rings. The van der Waals surface area contributed by atoms with Crippen molar-refractivity contribution in [3.8, 4) is 5.88 Å². The molecule has 2 heterocycles. The second-order valence-corrected chi connectivity index (χ2v) is 2.86. The van der Waals surface area contributed by atoms with E-state index in [0.29, 0.717) is 6.10 Å². The van der Waals surface area contributed by atoms with E-state index >= 15 is 0 Å². The maximum absolute atomic E-state index is 5.62. The van der Waals surface area contributed by atoms with E-state index < -0.39 is 0 Å². The van der Waals surface area contributed by atoms with Crippen LogP contribution in [0.3, 0.4) is 0 Å². The normalized spacial score (nSPS) is 17.9. The van der Waals surface area contributed by atoms with Crippen LogP contribution in [0.25, 0.3) is 0 Å². The van der Waals surface area contributed by atoms with Crippen molar-refractivity contribution < 1.29 is 4.74 Å². The monoisotopic (exact) mass is 152 g/mol. The zero-order valence-corrected chi connectivity index (χ0v) is 6.58. The topological polar surface area (TPSA) is 26.2 Å². The highest BCUT2D eigenvalue weighted by molar-refractivity contribution is 5.13. The summed E-state index contributed by atoms with van der Waals surface area (Å²) in [5.74, 6) is 0.955. The molecule has 3 heteroatoms. The van der Waals surface area contributed by atoms with Gasteiger partial charge in [0.15, 0.2) is 5.88 Å². The molecule has 2 rings (SSSR count). The molecular weight excluding hydrogens is 140 g/mol. The zero-order chi connectivity index (χ0) is 7.68. The van der Waals surface area contributed by atoms with Crippen molar-refractivity contribution in [2.75, 3.05) is 13.1 Å². The SMILES string of the molecule is Cn1cccc1OC1CNC1. The van der Waals surface area contributed by atoms with Gasteiger partial charge in [0.05, 0.1) is 0 Å². The first-order chi connectivity index (χ1) is 5.36.